The maximum atomic E-state index is 9.39. The molecule has 0 heterocycles. The summed E-state index contributed by atoms with van der Waals surface area (Å²) in [5.41, 5.74) is 1.17. The Morgan fingerprint density at radius 2 is 1.89 bits per heavy atom. The molecule has 2 fully saturated rings. The van der Waals surface area contributed by atoms with Gasteiger partial charge in [0.05, 0.1) is 12.7 Å². The molecule has 0 bridgehead atoms. The molecule has 3 nitrogen and oxygen atoms in total. The van der Waals surface area contributed by atoms with Crippen LogP contribution in [0, 0.1) is 23.7 Å². The molecule has 98 valence electrons. The molecule has 0 radical (unpaired) electrons. The molecular formula is C15H20O3. The van der Waals surface area contributed by atoms with Crippen LogP contribution in [0.25, 0.3) is 0 Å². The van der Waals surface area contributed by atoms with Crippen LogP contribution in [0.15, 0.2) is 30.3 Å². The second kappa shape index (κ2) is 5.00. The molecule has 3 rings (SSSR count). The topological polar surface area (TPSA) is 49.7 Å². The summed E-state index contributed by atoms with van der Waals surface area (Å²) < 4.78 is 6.01. The third-order valence-corrected chi connectivity index (χ3v) is 4.55. The molecule has 2 saturated carbocycles. The first kappa shape index (κ1) is 12.2. The maximum absolute atomic E-state index is 9.39. The van der Waals surface area contributed by atoms with Crippen LogP contribution in [-0.2, 0) is 11.3 Å². The quantitative estimate of drug-likeness (QED) is 0.829. The van der Waals surface area contributed by atoms with Gasteiger partial charge in [-0.1, -0.05) is 30.3 Å². The first-order valence-electron chi connectivity index (χ1n) is 6.72. The van der Waals surface area contributed by atoms with Crippen molar-refractivity contribution in [3.8, 4) is 0 Å². The Kier molecular flexibility index (Phi) is 3.37. The Morgan fingerprint density at radius 1 is 1.11 bits per heavy atom. The van der Waals surface area contributed by atoms with E-state index in [9.17, 15) is 10.2 Å². The summed E-state index contributed by atoms with van der Waals surface area (Å²) >= 11 is 0. The lowest BCUT2D eigenvalue weighted by molar-refractivity contribution is -0.0228. The Labute approximate surface area is 107 Å². The van der Waals surface area contributed by atoms with E-state index in [1.165, 1.54) is 5.56 Å². The van der Waals surface area contributed by atoms with Gasteiger partial charge in [0, 0.05) is 19.1 Å². The van der Waals surface area contributed by atoms with Crippen molar-refractivity contribution in [3.63, 3.8) is 0 Å². The molecule has 18 heavy (non-hydrogen) atoms. The van der Waals surface area contributed by atoms with Gasteiger partial charge in [-0.25, -0.2) is 0 Å². The third kappa shape index (κ3) is 2.07. The van der Waals surface area contributed by atoms with E-state index in [4.69, 9.17) is 4.74 Å². The van der Waals surface area contributed by atoms with Crippen LogP contribution in [0.5, 0.6) is 0 Å². The van der Waals surface area contributed by atoms with E-state index < -0.39 is 0 Å². The fourth-order valence-corrected chi connectivity index (χ4v) is 3.54. The molecule has 2 aliphatic carbocycles. The van der Waals surface area contributed by atoms with E-state index in [1.54, 1.807) is 0 Å². The highest BCUT2D eigenvalue weighted by Gasteiger charge is 2.61. The number of rotatable bonds is 5. The van der Waals surface area contributed by atoms with E-state index in [-0.39, 0.29) is 25.2 Å². The van der Waals surface area contributed by atoms with Gasteiger partial charge in [-0.05, 0) is 29.7 Å². The van der Waals surface area contributed by atoms with Crippen LogP contribution >= 0.6 is 0 Å². The Hall–Kier alpha value is -0.900. The van der Waals surface area contributed by atoms with E-state index in [1.807, 2.05) is 18.2 Å². The van der Waals surface area contributed by atoms with Crippen LogP contribution in [0.2, 0.25) is 0 Å². The molecule has 1 aromatic carbocycles. The summed E-state index contributed by atoms with van der Waals surface area (Å²) in [4.78, 5) is 0. The van der Waals surface area contributed by atoms with Crippen molar-refractivity contribution in [2.75, 3.05) is 13.2 Å². The summed E-state index contributed by atoms with van der Waals surface area (Å²) in [6, 6.07) is 10.1. The summed E-state index contributed by atoms with van der Waals surface area (Å²) in [6.45, 7) is 1.06. The average molecular weight is 248 g/mol. The van der Waals surface area contributed by atoms with Crippen LogP contribution in [0.4, 0.5) is 0 Å². The first-order chi connectivity index (χ1) is 8.85. The predicted octanol–water partition coefficient (Wildman–Crippen LogP) is 1.44. The molecule has 0 aromatic heterocycles. The standard InChI is InChI=1S/C15H20O3/c16-7-11-6-12-13(8-17)14(12)15(11)18-9-10-4-2-1-3-5-10/h1-5,11-17H,6-9H2/t11-,12+,13-,14+,15-/m1/s1. The lowest BCUT2D eigenvalue weighted by atomic mass is 9.98. The minimum atomic E-state index is 0.123. The largest absolute Gasteiger partial charge is 0.396 e. The second-order valence-electron chi connectivity index (χ2n) is 5.53. The predicted molar refractivity (Wildman–Crippen MR) is 67.8 cm³/mol. The minimum absolute atomic E-state index is 0.123. The fourth-order valence-electron chi connectivity index (χ4n) is 3.54. The molecule has 0 amide bonds. The number of fused-ring (bicyclic) bond motifs is 1. The second-order valence-corrected chi connectivity index (χ2v) is 5.53. The third-order valence-electron chi connectivity index (χ3n) is 4.55. The van der Waals surface area contributed by atoms with Crippen molar-refractivity contribution in [2.24, 2.45) is 23.7 Å². The molecule has 1 aromatic rings. The number of ether oxygens (including phenoxy) is 1. The van der Waals surface area contributed by atoms with Gasteiger partial charge in [-0.2, -0.15) is 0 Å². The summed E-state index contributed by atoms with van der Waals surface area (Å²) in [5, 5.41) is 18.6. The van der Waals surface area contributed by atoms with E-state index in [0.29, 0.717) is 24.4 Å². The van der Waals surface area contributed by atoms with Crippen molar-refractivity contribution < 1.29 is 14.9 Å². The maximum Gasteiger partial charge on any atom is 0.0720 e. The number of aliphatic hydroxyl groups is 2. The van der Waals surface area contributed by atoms with Crippen molar-refractivity contribution in [1.82, 2.24) is 0 Å². The lowest BCUT2D eigenvalue weighted by Crippen LogP contribution is -2.27. The summed E-state index contributed by atoms with van der Waals surface area (Å²) in [6.07, 6.45) is 1.13. The van der Waals surface area contributed by atoms with Crippen LogP contribution in [0.3, 0.4) is 0 Å². The Bertz CT molecular complexity index is 392. The minimum Gasteiger partial charge on any atom is -0.396 e. The summed E-state index contributed by atoms with van der Waals surface area (Å²) in [7, 11) is 0. The van der Waals surface area contributed by atoms with Crippen molar-refractivity contribution in [3.05, 3.63) is 35.9 Å². The van der Waals surface area contributed by atoms with Crippen molar-refractivity contribution in [1.29, 1.82) is 0 Å². The molecule has 2 N–H and O–H groups in total. The lowest BCUT2D eigenvalue weighted by Gasteiger charge is -2.22. The smallest absolute Gasteiger partial charge is 0.0720 e. The highest BCUT2D eigenvalue weighted by atomic mass is 16.5. The molecular weight excluding hydrogens is 228 g/mol. The first-order valence-corrected chi connectivity index (χ1v) is 6.72. The van der Waals surface area contributed by atoms with Gasteiger partial charge in [-0.15, -0.1) is 0 Å². The van der Waals surface area contributed by atoms with Gasteiger partial charge in [0.25, 0.3) is 0 Å². The van der Waals surface area contributed by atoms with Gasteiger partial charge in [0.2, 0.25) is 0 Å². The summed E-state index contributed by atoms with van der Waals surface area (Å²) in [5.74, 6) is 1.71. The monoisotopic (exact) mass is 248 g/mol. The van der Waals surface area contributed by atoms with Gasteiger partial charge in [0.15, 0.2) is 0 Å². The van der Waals surface area contributed by atoms with Crippen molar-refractivity contribution in [2.45, 2.75) is 19.1 Å². The van der Waals surface area contributed by atoms with Gasteiger partial charge >= 0.3 is 0 Å². The van der Waals surface area contributed by atoms with Crippen LogP contribution in [0.1, 0.15) is 12.0 Å². The van der Waals surface area contributed by atoms with Crippen LogP contribution in [-0.4, -0.2) is 29.5 Å². The van der Waals surface area contributed by atoms with Crippen LogP contribution < -0.4 is 0 Å². The van der Waals surface area contributed by atoms with E-state index >= 15 is 0 Å². The zero-order valence-electron chi connectivity index (χ0n) is 10.4. The molecule has 5 atom stereocenters. The molecule has 0 unspecified atom stereocenters. The Morgan fingerprint density at radius 3 is 2.56 bits per heavy atom. The average Bonchev–Trinajstić information content (AvgIpc) is 2.99. The number of aliphatic hydroxyl groups excluding tert-OH is 2. The van der Waals surface area contributed by atoms with Gasteiger partial charge in [-0.3, -0.25) is 0 Å². The van der Waals surface area contributed by atoms with Gasteiger partial charge < -0.3 is 14.9 Å². The zero-order chi connectivity index (χ0) is 12.5. The molecule has 2 aliphatic rings. The zero-order valence-corrected chi connectivity index (χ0v) is 10.4. The van der Waals surface area contributed by atoms with Gasteiger partial charge in [0.1, 0.15) is 0 Å². The Balaban J connectivity index is 1.60. The highest BCUT2D eigenvalue weighted by molar-refractivity contribution is 5.14. The number of hydrogen-bond donors (Lipinski definition) is 2. The number of hydrogen-bond acceptors (Lipinski definition) is 3. The molecule has 0 aliphatic heterocycles. The normalized spacial score (nSPS) is 37.6. The fraction of sp³-hybridized carbons (Fsp3) is 0.600. The van der Waals surface area contributed by atoms with E-state index in [0.717, 1.165) is 6.42 Å². The molecule has 0 saturated heterocycles. The van der Waals surface area contributed by atoms with E-state index in [2.05, 4.69) is 12.1 Å². The molecule has 0 spiro atoms. The highest BCUT2D eigenvalue weighted by Crippen LogP contribution is 2.60. The number of benzene rings is 1. The SMILES string of the molecule is OC[C@H]1C[C@H]2[C@@H](CO)[C@H]2[C@@H]1OCc1ccccc1. The molecule has 3 heteroatoms. The van der Waals surface area contributed by atoms with Crippen molar-refractivity contribution >= 4 is 0 Å².